The maximum atomic E-state index is 10.00. The quantitative estimate of drug-likeness (QED) is 0.100. The molecule has 0 bridgehead atoms. The van der Waals surface area contributed by atoms with Crippen molar-refractivity contribution in [1.82, 2.24) is 0 Å². The first-order valence-corrected chi connectivity index (χ1v) is 13.8. The van der Waals surface area contributed by atoms with E-state index in [9.17, 15) is 35.4 Å². The van der Waals surface area contributed by atoms with Crippen LogP contribution in [0.5, 0.6) is 0 Å². The Morgan fingerprint density at radius 1 is 0.630 bits per heavy atom. The van der Waals surface area contributed by atoms with E-state index in [1.54, 1.807) is 0 Å². The average Bonchev–Trinajstić information content (AvgIpc) is 3.29. The Morgan fingerprint density at radius 3 is 1.37 bits per heavy atom. The molecule has 1 saturated carbocycles. The molecular formula is C24H46O22. The fraction of sp³-hybridized carbons (Fsp3) is 0.958. The van der Waals surface area contributed by atoms with Crippen LogP contribution in [0, 0.1) is 0 Å². The molecule has 0 aromatic heterocycles. The van der Waals surface area contributed by atoms with E-state index in [4.69, 9.17) is 75.5 Å². The second-order valence-corrected chi connectivity index (χ2v) is 10.9. The van der Waals surface area contributed by atoms with Gasteiger partial charge in [0.1, 0.15) is 104 Å². The van der Waals surface area contributed by atoms with E-state index >= 15 is 0 Å². The van der Waals surface area contributed by atoms with Crippen molar-refractivity contribution in [2.24, 2.45) is 0 Å². The van der Waals surface area contributed by atoms with Gasteiger partial charge in [0.05, 0.1) is 19.3 Å². The summed E-state index contributed by atoms with van der Waals surface area (Å²) >= 11 is 0. The SMILES string of the molecule is C[C@H](O)[C@H](O)[C@@H](O)[C@@H](O)C=O.OC1C(O)C(O)C(O)C(O)C1O.OC[C@H]1O[C@@](CO)(O[C@H]2O[C@H](CO)[C@@H](O)[C@H](O)[C@H]2O)[C@@H](O)[C@@H]1O. The number of carbonyl (C=O) groups is 1. The molecule has 18 N–H and O–H groups in total. The summed E-state index contributed by atoms with van der Waals surface area (Å²) in [5.74, 6) is -2.22. The molecule has 1 aliphatic carbocycles. The van der Waals surface area contributed by atoms with Crippen LogP contribution in [0.25, 0.3) is 0 Å². The number of carbonyl (C=O) groups excluding carboxylic acids is 1. The van der Waals surface area contributed by atoms with Crippen LogP contribution < -0.4 is 0 Å². The minimum absolute atomic E-state index is 0.0935. The lowest BCUT2D eigenvalue weighted by molar-refractivity contribution is -0.383. The minimum atomic E-state index is -2.22. The zero-order valence-electron chi connectivity index (χ0n) is 24.3. The summed E-state index contributed by atoms with van der Waals surface area (Å²) in [5, 5.41) is 166. The molecule has 0 spiro atoms. The van der Waals surface area contributed by atoms with Crippen molar-refractivity contribution in [3.8, 4) is 0 Å². The summed E-state index contributed by atoms with van der Waals surface area (Å²) in [6, 6.07) is 0. The van der Waals surface area contributed by atoms with Gasteiger partial charge in [-0.2, -0.15) is 0 Å². The van der Waals surface area contributed by atoms with Crippen molar-refractivity contribution in [2.45, 2.75) is 123 Å². The summed E-state index contributed by atoms with van der Waals surface area (Å²) in [5.41, 5.74) is 0. The van der Waals surface area contributed by atoms with Crippen LogP contribution in [0.2, 0.25) is 0 Å². The lowest BCUT2D eigenvalue weighted by Crippen LogP contribution is -2.63. The fourth-order valence-corrected chi connectivity index (χ4v) is 4.41. The van der Waals surface area contributed by atoms with Crippen molar-refractivity contribution in [2.75, 3.05) is 19.8 Å². The Kier molecular flexibility index (Phi) is 17.3. The van der Waals surface area contributed by atoms with E-state index in [0.29, 0.717) is 0 Å². The monoisotopic (exact) mass is 686 g/mol. The summed E-state index contributed by atoms with van der Waals surface area (Å²) in [4.78, 5) is 9.87. The van der Waals surface area contributed by atoms with Crippen LogP contribution in [0.1, 0.15) is 6.92 Å². The van der Waals surface area contributed by atoms with Crippen LogP contribution in [-0.2, 0) is 19.0 Å². The predicted octanol–water partition coefficient (Wildman–Crippen LogP) is -11.6. The molecule has 3 rings (SSSR count). The van der Waals surface area contributed by atoms with Gasteiger partial charge in [0, 0.05) is 0 Å². The number of hydrogen-bond donors (Lipinski definition) is 18. The number of aliphatic hydroxyl groups is 18. The number of rotatable bonds is 9. The zero-order chi connectivity index (χ0) is 35.8. The molecule has 0 aromatic carbocycles. The molecule has 3 fully saturated rings. The minimum Gasteiger partial charge on any atom is -0.394 e. The van der Waals surface area contributed by atoms with E-state index in [-0.39, 0.29) is 6.29 Å². The van der Waals surface area contributed by atoms with Crippen LogP contribution in [0.3, 0.4) is 0 Å². The molecule has 274 valence electrons. The maximum Gasteiger partial charge on any atom is 0.224 e. The Labute approximate surface area is 260 Å². The molecular weight excluding hydrogens is 640 g/mol. The Balaban J connectivity index is 0.000000387. The molecule has 0 amide bonds. The smallest absolute Gasteiger partial charge is 0.224 e. The van der Waals surface area contributed by atoms with Gasteiger partial charge >= 0.3 is 0 Å². The van der Waals surface area contributed by atoms with E-state index in [2.05, 4.69) is 0 Å². The molecule has 0 radical (unpaired) electrons. The normalized spacial score (nSPS) is 45.3. The summed E-state index contributed by atoms with van der Waals surface area (Å²) < 4.78 is 15.4. The maximum absolute atomic E-state index is 10.00. The summed E-state index contributed by atoms with van der Waals surface area (Å²) in [6.45, 7) is -1.08. The van der Waals surface area contributed by atoms with Gasteiger partial charge < -0.3 is 111 Å². The second-order valence-electron chi connectivity index (χ2n) is 10.9. The van der Waals surface area contributed by atoms with E-state index in [1.165, 1.54) is 6.92 Å². The molecule has 22 heteroatoms. The first-order chi connectivity index (χ1) is 21.3. The van der Waals surface area contributed by atoms with Gasteiger partial charge in [-0.05, 0) is 6.92 Å². The second kappa shape index (κ2) is 18.6. The van der Waals surface area contributed by atoms with Gasteiger partial charge in [0.25, 0.3) is 0 Å². The van der Waals surface area contributed by atoms with Crippen LogP contribution in [-0.4, -0.2) is 234 Å². The predicted molar refractivity (Wildman–Crippen MR) is 140 cm³/mol. The van der Waals surface area contributed by atoms with Crippen LogP contribution in [0.15, 0.2) is 0 Å². The van der Waals surface area contributed by atoms with E-state index in [0.717, 1.165) is 0 Å². The van der Waals surface area contributed by atoms with E-state index < -0.39 is 136 Å². The Hall–Kier alpha value is -1.17. The largest absolute Gasteiger partial charge is 0.394 e. The molecule has 22 nitrogen and oxygen atoms in total. The Bertz CT molecular complexity index is 824. The summed E-state index contributed by atoms with van der Waals surface area (Å²) in [7, 11) is 0. The highest BCUT2D eigenvalue weighted by Gasteiger charge is 2.58. The first kappa shape index (κ1) is 42.9. The average molecular weight is 687 g/mol. The van der Waals surface area contributed by atoms with Crippen LogP contribution >= 0.6 is 0 Å². The van der Waals surface area contributed by atoms with Gasteiger partial charge in [-0.15, -0.1) is 0 Å². The lowest BCUT2D eigenvalue weighted by atomic mass is 9.85. The van der Waals surface area contributed by atoms with Crippen LogP contribution in [0.4, 0.5) is 0 Å². The molecule has 0 unspecified atom stereocenters. The van der Waals surface area contributed by atoms with Gasteiger partial charge in [-0.1, -0.05) is 0 Å². The van der Waals surface area contributed by atoms with Crippen molar-refractivity contribution in [1.29, 1.82) is 0 Å². The third kappa shape index (κ3) is 9.71. The number of ether oxygens (including phenoxy) is 3. The van der Waals surface area contributed by atoms with Crippen molar-refractivity contribution in [3.63, 3.8) is 0 Å². The molecule has 2 aliphatic heterocycles. The highest BCUT2D eigenvalue weighted by molar-refractivity contribution is 5.56. The number of aliphatic hydroxyl groups excluding tert-OH is 18. The molecule has 3 aliphatic rings. The standard InChI is InChI=1S/C12H22O11.C6H12O6.C6H12O5/c13-1-4-6(16)8(18)9(19)11(21-4)23-12(3-15)10(20)7(17)5(2-14)22-12;7-1-2(8)4(10)6(12)5(11)3(1)9;1-3(8)5(10)6(11)4(9)2-7/h4-11,13-20H,1-3H2;1-12H;2-6,8-11H,1H3/t4-,5-,6-,7-,8+,9-,10+,11-,12+;;3-,4-,5-,6-/m1.0/s1. The first-order valence-electron chi connectivity index (χ1n) is 13.8. The van der Waals surface area contributed by atoms with Gasteiger partial charge in [-0.3, -0.25) is 0 Å². The third-order valence-electron chi connectivity index (χ3n) is 7.50. The van der Waals surface area contributed by atoms with E-state index in [1.807, 2.05) is 0 Å². The van der Waals surface area contributed by atoms with Gasteiger partial charge in [-0.25, -0.2) is 0 Å². The van der Waals surface area contributed by atoms with Crippen molar-refractivity contribution in [3.05, 3.63) is 0 Å². The van der Waals surface area contributed by atoms with Gasteiger partial charge in [0.2, 0.25) is 5.79 Å². The molecule has 0 aromatic rings. The summed E-state index contributed by atoms with van der Waals surface area (Å²) in [6.07, 6.45) is -28.4. The number of hydrogen-bond acceptors (Lipinski definition) is 22. The molecule has 2 heterocycles. The fourth-order valence-electron chi connectivity index (χ4n) is 4.41. The highest BCUT2D eigenvalue weighted by atomic mass is 16.8. The van der Waals surface area contributed by atoms with Gasteiger partial charge in [0.15, 0.2) is 12.6 Å². The topological polar surface area (TPSA) is 409 Å². The molecule has 2 saturated heterocycles. The Morgan fingerprint density at radius 2 is 1.04 bits per heavy atom. The third-order valence-corrected chi connectivity index (χ3v) is 7.50. The van der Waals surface area contributed by atoms with Crippen molar-refractivity contribution >= 4 is 6.29 Å². The zero-order valence-corrected chi connectivity index (χ0v) is 24.3. The lowest BCUT2D eigenvalue weighted by Gasteiger charge is -2.43. The highest BCUT2D eigenvalue weighted by Crippen LogP contribution is 2.36. The molecule has 46 heavy (non-hydrogen) atoms. The molecule has 13 atom stereocenters. The number of aldehydes is 1. The van der Waals surface area contributed by atoms with Crippen molar-refractivity contribution < 1.29 is 111 Å².